The predicted molar refractivity (Wildman–Crippen MR) is 110 cm³/mol. The van der Waals surface area contributed by atoms with Gasteiger partial charge in [0.25, 0.3) is 5.91 Å². The molecule has 2 N–H and O–H groups in total. The molecule has 0 spiro atoms. The number of aromatic amines is 1. The predicted octanol–water partition coefficient (Wildman–Crippen LogP) is 3.67. The van der Waals surface area contributed by atoms with Gasteiger partial charge in [0.1, 0.15) is 11.8 Å². The minimum Gasteiger partial charge on any atom is -0.371 e. The molecule has 2 aromatic carbocycles. The average Bonchev–Trinajstić information content (AvgIpc) is 3.21. The SMILES string of the molecule is O=C(NCC1OCCc2ccccc21)c1ccc2[nH]nc(-c3ccccn3)c2c1. The highest BCUT2D eigenvalue weighted by Crippen LogP contribution is 2.27. The maximum Gasteiger partial charge on any atom is 0.251 e. The van der Waals surface area contributed by atoms with Crippen LogP contribution in [-0.4, -0.2) is 34.2 Å². The zero-order valence-electron chi connectivity index (χ0n) is 15.8. The maximum atomic E-state index is 12.8. The molecule has 29 heavy (non-hydrogen) atoms. The van der Waals surface area contributed by atoms with Crippen LogP contribution in [0.4, 0.5) is 0 Å². The summed E-state index contributed by atoms with van der Waals surface area (Å²) in [6, 6.07) is 19.5. The van der Waals surface area contributed by atoms with Gasteiger partial charge in [-0.2, -0.15) is 5.10 Å². The highest BCUT2D eigenvalue weighted by molar-refractivity contribution is 6.01. The van der Waals surface area contributed by atoms with E-state index in [0.717, 1.165) is 34.3 Å². The van der Waals surface area contributed by atoms with E-state index in [1.54, 1.807) is 12.3 Å². The van der Waals surface area contributed by atoms with Crippen molar-refractivity contribution < 1.29 is 9.53 Å². The first-order valence-electron chi connectivity index (χ1n) is 9.67. The molecule has 0 saturated heterocycles. The van der Waals surface area contributed by atoms with Gasteiger partial charge in [-0.05, 0) is 47.9 Å². The van der Waals surface area contributed by atoms with Crippen molar-refractivity contribution in [2.75, 3.05) is 13.2 Å². The van der Waals surface area contributed by atoms with E-state index in [-0.39, 0.29) is 12.0 Å². The number of fused-ring (bicyclic) bond motifs is 2. The maximum absolute atomic E-state index is 12.8. The van der Waals surface area contributed by atoms with Crippen molar-refractivity contribution in [3.05, 3.63) is 83.6 Å². The molecule has 0 saturated carbocycles. The molecule has 0 aliphatic carbocycles. The summed E-state index contributed by atoms with van der Waals surface area (Å²) in [4.78, 5) is 17.2. The van der Waals surface area contributed by atoms with E-state index in [4.69, 9.17) is 4.74 Å². The summed E-state index contributed by atoms with van der Waals surface area (Å²) in [6.07, 6.45) is 2.52. The number of carbonyl (C=O) groups excluding carboxylic acids is 1. The lowest BCUT2D eigenvalue weighted by Crippen LogP contribution is -2.31. The molecule has 5 rings (SSSR count). The number of amides is 1. The van der Waals surface area contributed by atoms with Gasteiger partial charge >= 0.3 is 0 Å². The monoisotopic (exact) mass is 384 g/mol. The van der Waals surface area contributed by atoms with Gasteiger partial charge in [0.15, 0.2) is 0 Å². The van der Waals surface area contributed by atoms with Crippen LogP contribution in [0, 0.1) is 0 Å². The van der Waals surface area contributed by atoms with Crippen LogP contribution in [0.25, 0.3) is 22.3 Å². The van der Waals surface area contributed by atoms with E-state index in [1.807, 2.05) is 42.5 Å². The van der Waals surface area contributed by atoms with E-state index in [9.17, 15) is 4.79 Å². The van der Waals surface area contributed by atoms with Gasteiger partial charge in [-0.3, -0.25) is 14.9 Å². The van der Waals surface area contributed by atoms with Crippen LogP contribution in [0.5, 0.6) is 0 Å². The molecule has 4 aromatic rings. The van der Waals surface area contributed by atoms with Gasteiger partial charge in [0.05, 0.1) is 17.8 Å². The summed E-state index contributed by atoms with van der Waals surface area (Å²) >= 11 is 0. The number of hydrogen-bond acceptors (Lipinski definition) is 4. The van der Waals surface area contributed by atoms with Gasteiger partial charge in [-0.1, -0.05) is 30.3 Å². The Morgan fingerprint density at radius 3 is 2.93 bits per heavy atom. The second-order valence-corrected chi connectivity index (χ2v) is 7.07. The third-order valence-electron chi connectivity index (χ3n) is 5.27. The Balaban J connectivity index is 1.37. The number of H-pyrrole nitrogens is 1. The van der Waals surface area contributed by atoms with Gasteiger partial charge in [-0.25, -0.2) is 0 Å². The number of nitrogens with one attached hydrogen (secondary N) is 2. The standard InChI is InChI=1S/C23H20N4O2/c28-23(25-14-21-17-6-2-1-5-15(17)10-12-29-21)16-8-9-19-18(13-16)22(27-26-19)20-7-3-4-11-24-20/h1-9,11,13,21H,10,12,14H2,(H,25,28)(H,26,27). The summed E-state index contributed by atoms with van der Waals surface area (Å²) in [7, 11) is 0. The summed E-state index contributed by atoms with van der Waals surface area (Å²) in [5.74, 6) is -0.133. The minimum absolute atomic E-state index is 0.120. The van der Waals surface area contributed by atoms with E-state index in [2.05, 4.69) is 32.6 Å². The van der Waals surface area contributed by atoms with Crippen LogP contribution < -0.4 is 5.32 Å². The number of rotatable bonds is 4. The summed E-state index contributed by atoms with van der Waals surface area (Å²) in [5.41, 5.74) is 5.40. The first-order valence-corrected chi connectivity index (χ1v) is 9.67. The molecule has 1 aliphatic heterocycles. The number of benzene rings is 2. The molecular weight excluding hydrogens is 364 g/mol. The second-order valence-electron chi connectivity index (χ2n) is 7.07. The molecule has 3 heterocycles. The molecule has 0 fully saturated rings. The molecule has 1 amide bonds. The van der Waals surface area contributed by atoms with Crippen LogP contribution in [0.1, 0.15) is 27.6 Å². The number of nitrogens with zero attached hydrogens (tertiary/aromatic N) is 2. The third kappa shape index (κ3) is 3.39. The highest BCUT2D eigenvalue weighted by Gasteiger charge is 2.21. The number of carbonyl (C=O) groups is 1. The lowest BCUT2D eigenvalue weighted by Gasteiger charge is -2.26. The van der Waals surface area contributed by atoms with Gasteiger partial charge < -0.3 is 10.1 Å². The van der Waals surface area contributed by atoms with Gasteiger partial charge in [0.2, 0.25) is 0 Å². The smallest absolute Gasteiger partial charge is 0.251 e. The van der Waals surface area contributed by atoms with Crippen molar-refractivity contribution in [1.82, 2.24) is 20.5 Å². The Labute approximate surface area is 167 Å². The van der Waals surface area contributed by atoms with Gasteiger partial charge in [0, 0.05) is 23.7 Å². The Hall–Kier alpha value is -3.51. The van der Waals surface area contributed by atoms with Crippen LogP contribution in [0.3, 0.4) is 0 Å². The van der Waals surface area contributed by atoms with Crippen LogP contribution in [0.2, 0.25) is 0 Å². The zero-order chi connectivity index (χ0) is 19.6. The Kier molecular flexibility index (Phi) is 4.54. The lowest BCUT2D eigenvalue weighted by atomic mass is 9.97. The fraction of sp³-hybridized carbons (Fsp3) is 0.174. The third-order valence-corrected chi connectivity index (χ3v) is 5.27. The van der Waals surface area contributed by atoms with Crippen molar-refractivity contribution in [3.8, 4) is 11.4 Å². The largest absolute Gasteiger partial charge is 0.371 e. The fourth-order valence-corrected chi connectivity index (χ4v) is 3.79. The van der Waals surface area contributed by atoms with Crippen molar-refractivity contribution in [3.63, 3.8) is 0 Å². The summed E-state index contributed by atoms with van der Waals surface area (Å²) in [6.45, 7) is 1.11. The van der Waals surface area contributed by atoms with Crippen molar-refractivity contribution in [1.29, 1.82) is 0 Å². The number of pyridine rings is 1. The first-order chi connectivity index (χ1) is 14.3. The van der Waals surface area contributed by atoms with Crippen molar-refractivity contribution in [2.24, 2.45) is 0 Å². The lowest BCUT2D eigenvalue weighted by molar-refractivity contribution is 0.0411. The van der Waals surface area contributed by atoms with Crippen LogP contribution in [-0.2, 0) is 11.2 Å². The minimum atomic E-state index is -0.133. The number of ether oxygens (including phenoxy) is 1. The van der Waals surface area contributed by atoms with Crippen LogP contribution >= 0.6 is 0 Å². The molecule has 1 atom stereocenters. The highest BCUT2D eigenvalue weighted by atomic mass is 16.5. The zero-order valence-corrected chi connectivity index (χ0v) is 15.8. The molecule has 1 aliphatic rings. The number of aromatic nitrogens is 3. The Morgan fingerprint density at radius 2 is 2.03 bits per heavy atom. The molecule has 0 bridgehead atoms. The Morgan fingerprint density at radius 1 is 1.14 bits per heavy atom. The molecule has 6 heteroatoms. The quantitative estimate of drug-likeness (QED) is 0.563. The van der Waals surface area contributed by atoms with E-state index in [0.29, 0.717) is 18.7 Å². The molecular formula is C23H20N4O2. The Bertz CT molecular complexity index is 1170. The molecule has 2 aromatic heterocycles. The first kappa shape index (κ1) is 17.6. The molecule has 6 nitrogen and oxygen atoms in total. The molecule has 144 valence electrons. The van der Waals surface area contributed by atoms with Crippen molar-refractivity contribution in [2.45, 2.75) is 12.5 Å². The van der Waals surface area contributed by atoms with Gasteiger partial charge in [-0.15, -0.1) is 0 Å². The molecule has 1 unspecified atom stereocenters. The van der Waals surface area contributed by atoms with E-state index in [1.165, 1.54) is 5.56 Å². The summed E-state index contributed by atoms with van der Waals surface area (Å²) < 4.78 is 5.89. The van der Waals surface area contributed by atoms with Crippen LogP contribution in [0.15, 0.2) is 66.9 Å². The number of hydrogen-bond donors (Lipinski definition) is 2. The summed E-state index contributed by atoms with van der Waals surface area (Å²) in [5, 5.41) is 11.3. The topological polar surface area (TPSA) is 79.9 Å². The van der Waals surface area contributed by atoms with Crippen molar-refractivity contribution >= 4 is 16.8 Å². The fourth-order valence-electron chi connectivity index (χ4n) is 3.79. The second kappa shape index (κ2) is 7.48. The van der Waals surface area contributed by atoms with E-state index < -0.39 is 0 Å². The normalized spacial score (nSPS) is 15.8. The van der Waals surface area contributed by atoms with E-state index >= 15 is 0 Å². The average molecular weight is 384 g/mol. The molecule has 0 radical (unpaired) electrons.